The first-order chi connectivity index (χ1) is 12.0. The molecule has 1 aromatic heterocycles. The average Bonchev–Trinajstić information content (AvgIpc) is 2.63. The monoisotopic (exact) mass is 361 g/mol. The Bertz CT molecular complexity index is 885. The number of aromatic nitrogens is 2. The van der Waals surface area contributed by atoms with Gasteiger partial charge in [0.1, 0.15) is 11.6 Å². The van der Waals surface area contributed by atoms with E-state index >= 15 is 0 Å². The number of rotatable bonds is 3. The van der Waals surface area contributed by atoms with Gasteiger partial charge in [-0.25, -0.2) is 15.2 Å². The van der Waals surface area contributed by atoms with Gasteiger partial charge in [-0.05, 0) is 36.8 Å². The molecule has 0 unspecified atom stereocenters. The van der Waals surface area contributed by atoms with Gasteiger partial charge in [0.25, 0.3) is 0 Å². The molecule has 3 N–H and O–H groups in total. The van der Waals surface area contributed by atoms with Crippen LogP contribution in [0.25, 0.3) is 10.9 Å². The van der Waals surface area contributed by atoms with E-state index < -0.39 is 5.82 Å². The molecule has 0 saturated heterocycles. The summed E-state index contributed by atoms with van der Waals surface area (Å²) in [4.78, 5) is 10.4. The lowest BCUT2D eigenvalue weighted by atomic mass is 10.2. The molecule has 2 aromatic carbocycles. The molecule has 0 aliphatic rings. The first kappa shape index (κ1) is 18.9. The zero-order valence-electron chi connectivity index (χ0n) is 14.6. The van der Waals surface area contributed by atoms with Gasteiger partial charge < -0.3 is 4.90 Å². The fraction of sp³-hybridized carbons (Fsp3) is 0.222. The highest BCUT2D eigenvalue weighted by Gasteiger charge is 2.15. The normalized spacial score (nSPS) is 10.2. The van der Waals surface area contributed by atoms with Crippen LogP contribution in [0.3, 0.4) is 0 Å². The Balaban J connectivity index is 0.00000109. The zero-order valence-corrected chi connectivity index (χ0v) is 15.4. The minimum atomic E-state index is -0.518. The predicted octanol–water partition coefficient (Wildman–Crippen LogP) is 4.81. The van der Waals surface area contributed by atoms with Crippen LogP contribution in [0.1, 0.15) is 19.4 Å². The van der Waals surface area contributed by atoms with Crippen molar-refractivity contribution in [2.45, 2.75) is 20.8 Å². The lowest BCUT2D eigenvalue weighted by Crippen LogP contribution is -2.16. The quantitative estimate of drug-likeness (QED) is 0.517. The lowest BCUT2D eigenvalue weighted by molar-refractivity contribution is 0.630. The van der Waals surface area contributed by atoms with Gasteiger partial charge in [0.15, 0.2) is 0 Å². The van der Waals surface area contributed by atoms with Crippen molar-refractivity contribution in [3.63, 3.8) is 0 Å². The Kier molecular flexibility index (Phi) is 6.12. The van der Waals surface area contributed by atoms with Crippen molar-refractivity contribution in [3.05, 3.63) is 52.8 Å². The van der Waals surface area contributed by atoms with E-state index in [1.807, 2.05) is 57.0 Å². The number of halogens is 2. The van der Waals surface area contributed by atoms with Crippen molar-refractivity contribution < 1.29 is 4.39 Å². The summed E-state index contributed by atoms with van der Waals surface area (Å²) in [6.45, 7) is 6.00. The molecule has 7 heteroatoms. The van der Waals surface area contributed by atoms with E-state index in [2.05, 4.69) is 15.4 Å². The van der Waals surface area contributed by atoms with Gasteiger partial charge in [-0.2, -0.15) is 4.98 Å². The molecule has 0 atom stereocenters. The number of hydrogen-bond donors (Lipinski definition) is 2. The van der Waals surface area contributed by atoms with Gasteiger partial charge in [0.2, 0.25) is 5.95 Å². The molecular formula is C18H21ClFN5. The highest BCUT2D eigenvalue weighted by atomic mass is 35.5. The fourth-order valence-electron chi connectivity index (χ4n) is 2.39. The van der Waals surface area contributed by atoms with Crippen LogP contribution in [0.15, 0.2) is 36.4 Å². The molecule has 0 aliphatic carbocycles. The summed E-state index contributed by atoms with van der Waals surface area (Å²) in [5, 5.41) is 0.554. The Morgan fingerprint density at radius 3 is 2.52 bits per heavy atom. The Morgan fingerprint density at radius 2 is 1.88 bits per heavy atom. The van der Waals surface area contributed by atoms with E-state index in [1.54, 1.807) is 0 Å². The third kappa shape index (κ3) is 3.97. The van der Waals surface area contributed by atoms with Gasteiger partial charge in [-0.15, -0.1) is 0 Å². The predicted molar refractivity (Wildman–Crippen MR) is 103 cm³/mol. The molecule has 0 bridgehead atoms. The second-order valence-electron chi connectivity index (χ2n) is 5.20. The molecule has 132 valence electrons. The van der Waals surface area contributed by atoms with Crippen LogP contribution in [-0.2, 0) is 0 Å². The number of hydrazine groups is 1. The maximum Gasteiger partial charge on any atom is 0.239 e. The molecule has 3 aromatic rings. The number of nitrogens with two attached hydrogens (primary N) is 1. The largest absolute Gasteiger partial charge is 0.329 e. The molecule has 1 heterocycles. The van der Waals surface area contributed by atoms with Crippen molar-refractivity contribution in [3.8, 4) is 0 Å². The summed E-state index contributed by atoms with van der Waals surface area (Å²) in [6.07, 6.45) is 0. The number of hydrogen-bond acceptors (Lipinski definition) is 5. The van der Waals surface area contributed by atoms with E-state index in [-0.39, 0.29) is 11.0 Å². The van der Waals surface area contributed by atoms with Crippen molar-refractivity contribution in [2.75, 3.05) is 17.4 Å². The van der Waals surface area contributed by atoms with Gasteiger partial charge in [0.05, 0.1) is 10.5 Å². The summed E-state index contributed by atoms with van der Waals surface area (Å²) in [5.41, 5.74) is 4.96. The van der Waals surface area contributed by atoms with Gasteiger partial charge >= 0.3 is 0 Å². The van der Waals surface area contributed by atoms with Crippen LogP contribution in [0.5, 0.6) is 0 Å². The number of nitrogen functional groups attached to an aromatic ring is 1. The first-order valence-corrected chi connectivity index (χ1v) is 8.31. The fourth-order valence-corrected chi connectivity index (χ4v) is 2.54. The minimum Gasteiger partial charge on any atom is -0.329 e. The van der Waals surface area contributed by atoms with E-state index in [1.165, 1.54) is 12.1 Å². The number of aryl methyl sites for hydroxylation is 1. The van der Waals surface area contributed by atoms with Gasteiger partial charge in [-0.1, -0.05) is 37.6 Å². The lowest BCUT2D eigenvalue weighted by Gasteiger charge is -2.21. The van der Waals surface area contributed by atoms with Crippen LogP contribution >= 0.6 is 11.6 Å². The smallest absolute Gasteiger partial charge is 0.239 e. The summed E-state index contributed by atoms with van der Waals surface area (Å²) in [7, 11) is 1.85. The third-order valence-electron chi connectivity index (χ3n) is 3.55. The molecule has 3 rings (SSSR count). The Morgan fingerprint density at radius 1 is 1.16 bits per heavy atom. The first-order valence-electron chi connectivity index (χ1n) is 7.93. The number of anilines is 3. The second-order valence-corrected chi connectivity index (χ2v) is 5.60. The topological polar surface area (TPSA) is 67.1 Å². The molecule has 25 heavy (non-hydrogen) atoms. The highest BCUT2D eigenvalue weighted by molar-refractivity contribution is 6.31. The molecule has 0 amide bonds. The molecule has 0 saturated carbocycles. The standard InChI is InChI=1S/C16H15ClFN5.C2H6/c1-9-4-3-5-10(6-9)23(2)15-11-7-13(18)12(17)8-14(11)20-16(21-15)22-19;1-2/h3-8H,19H2,1-2H3,(H,20,21,22);1-2H3. The zero-order chi connectivity index (χ0) is 18.6. The van der Waals surface area contributed by atoms with Crippen molar-refractivity contribution in [2.24, 2.45) is 5.84 Å². The van der Waals surface area contributed by atoms with E-state index in [9.17, 15) is 4.39 Å². The average molecular weight is 362 g/mol. The highest BCUT2D eigenvalue weighted by Crippen LogP contribution is 2.32. The van der Waals surface area contributed by atoms with Crippen LogP contribution in [-0.4, -0.2) is 17.0 Å². The maximum absolute atomic E-state index is 13.9. The number of benzene rings is 2. The van der Waals surface area contributed by atoms with Crippen LogP contribution < -0.4 is 16.2 Å². The SMILES string of the molecule is CC.Cc1cccc(N(C)c2nc(NN)nc3cc(Cl)c(F)cc23)c1. The summed E-state index contributed by atoms with van der Waals surface area (Å²) in [5.74, 6) is 5.68. The van der Waals surface area contributed by atoms with E-state index in [0.29, 0.717) is 16.7 Å². The van der Waals surface area contributed by atoms with Crippen molar-refractivity contribution >= 4 is 40.0 Å². The summed E-state index contributed by atoms with van der Waals surface area (Å²) in [6, 6.07) is 10.7. The van der Waals surface area contributed by atoms with E-state index in [4.69, 9.17) is 17.4 Å². The van der Waals surface area contributed by atoms with Crippen molar-refractivity contribution in [1.82, 2.24) is 9.97 Å². The molecule has 5 nitrogen and oxygen atoms in total. The van der Waals surface area contributed by atoms with Crippen molar-refractivity contribution in [1.29, 1.82) is 0 Å². The second kappa shape index (κ2) is 8.09. The number of fused-ring (bicyclic) bond motifs is 1. The third-order valence-corrected chi connectivity index (χ3v) is 3.84. The Labute approximate surface area is 151 Å². The van der Waals surface area contributed by atoms with Crippen LogP contribution in [0.4, 0.5) is 21.8 Å². The molecular weight excluding hydrogens is 341 g/mol. The number of nitrogens with one attached hydrogen (secondary N) is 1. The van der Waals surface area contributed by atoms with E-state index in [0.717, 1.165) is 11.3 Å². The van der Waals surface area contributed by atoms with Gasteiger partial charge in [-0.3, -0.25) is 5.43 Å². The molecule has 0 aliphatic heterocycles. The maximum atomic E-state index is 13.9. The molecule has 0 radical (unpaired) electrons. The molecule has 0 spiro atoms. The summed E-state index contributed by atoms with van der Waals surface area (Å²) < 4.78 is 13.9. The molecule has 0 fully saturated rings. The minimum absolute atomic E-state index is 0.00308. The number of nitrogens with zero attached hydrogens (tertiary/aromatic N) is 3. The van der Waals surface area contributed by atoms with Crippen LogP contribution in [0.2, 0.25) is 5.02 Å². The van der Waals surface area contributed by atoms with Crippen LogP contribution in [0, 0.1) is 12.7 Å². The Hall–Kier alpha value is -2.44. The van der Waals surface area contributed by atoms with Gasteiger partial charge in [0, 0.05) is 18.1 Å². The summed E-state index contributed by atoms with van der Waals surface area (Å²) >= 11 is 5.85.